The summed E-state index contributed by atoms with van der Waals surface area (Å²) in [5.74, 6) is 0.381. The van der Waals surface area contributed by atoms with E-state index in [1.807, 2.05) is 44.2 Å². The van der Waals surface area contributed by atoms with Gasteiger partial charge in [0.15, 0.2) is 17.5 Å². The summed E-state index contributed by atoms with van der Waals surface area (Å²) < 4.78 is 24.8. The number of aliphatic imine (C=N–C) groups is 1. The van der Waals surface area contributed by atoms with Crippen molar-refractivity contribution in [3.05, 3.63) is 66.0 Å². The summed E-state index contributed by atoms with van der Waals surface area (Å²) in [5.41, 5.74) is 1.06. The Morgan fingerprint density at radius 2 is 1.80 bits per heavy atom. The van der Waals surface area contributed by atoms with E-state index in [2.05, 4.69) is 15.6 Å². The minimum atomic E-state index is -0.707. The molecule has 166 valence electrons. The summed E-state index contributed by atoms with van der Waals surface area (Å²) in [5, 5.41) is 16.3. The van der Waals surface area contributed by atoms with E-state index in [1.165, 1.54) is 6.07 Å². The highest BCUT2D eigenvalue weighted by Crippen LogP contribution is 2.16. The smallest absolute Gasteiger partial charge is 0.191 e. The number of aliphatic hydroxyl groups is 1. The predicted molar refractivity (Wildman–Crippen MR) is 128 cm³/mol. The first kappa shape index (κ1) is 26.1. The zero-order valence-electron chi connectivity index (χ0n) is 17.4. The van der Waals surface area contributed by atoms with Crippen LogP contribution in [-0.4, -0.2) is 49.5 Å². The maximum Gasteiger partial charge on any atom is 0.191 e. The Hall–Kier alpha value is -1.91. The van der Waals surface area contributed by atoms with Gasteiger partial charge in [0.05, 0.1) is 32.4 Å². The standard InChI is InChI=1S/C22H30FN3O3.HI/c1-3-24-22(25-13-17(2)29-21-12-8-7-11-20(21)23)26-14-19(27)16-28-15-18-9-5-4-6-10-18;/h4-12,17,19,27H,3,13-16H2,1-2H3,(H2,24,25,26);1H. The van der Waals surface area contributed by atoms with E-state index in [1.54, 1.807) is 18.2 Å². The first-order chi connectivity index (χ1) is 14.1. The molecule has 2 atom stereocenters. The van der Waals surface area contributed by atoms with Crippen LogP contribution in [0.15, 0.2) is 59.6 Å². The summed E-state index contributed by atoms with van der Waals surface area (Å²) in [6, 6.07) is 16.1. The van der Waals surface area contributed by atoms with Gasteiger partial charge in [0.25, 0.3) is 0 Å². The van der Waals surface area contributed by atoms with Crippen molar-refractivity contribution < 1.29 is 19.0 Å². The Labute approximate surface area is 194 Å². The van der Waals surface area contributed by atoms with Crippen LogP contribution in [0.3, 0.4) is 0 Å². The second-order valence-corrected chi connectivity index (χ2v) is 6.61. The lowest BCUT2D eigenvalue weighted by Gasteiger charge is -2.18. The third-order valence-corrected chi connectivity index (χ3v) is 3.95. The Kier molecular flexibility index (Phi) is 13.0. The van der Waals surface area contributed by atoms with E-state index < -0.39 is 11.9 Å². The molecule has 2 rings (SSSR count). The number of guanidine groups is 1. The van der Waals surface area contributed by atoms with Crippen molar-refractivity contribution in [2.24, 2.45) is 4.99 Å². The monoisotopic (exact) mass is 531 g/mol. The molecule has 2 aromatic rings. The molecular formula is C22H31FIN3O3. The molecule has 2 aromatic carbocycles. The second-order valence-electron chi connectivity index (χ2n) is 6.61. The third kappa shape index (κ3) is 10.2. The molecule has 0 fully saturated rings. The number of hydrogen-bond donors (Lipinski definition) is 3. The minimum absolute atomic E-state index is 0. The van der Waals surface area contributed by atoms with Gasteiger partial charge in [0.1, 0.15) is 6.10 Å². The van der Waals surface area contributed by atoms with Crippen molar-refractivity contribution in [1.82, 2.24) is 10.6 Å². The molecule has 0 heterocycles. The number of benzene rings is 2. The number of para-hydroxylation sites is 1. The lowest BCUT2D eigenvalue weighted by Crippen LogP contribution is -2.42. The van der Waals surface area contributed by atoms with Gasteiger partial charge in [-0.05, 0) is 31.5 Å². The summed E-state index contributed by atoms with van der Waals surface area (Å²) in [6.07, 6.45) is -0.976. The van der Waals surface area contributed by atoms with Crippen molar-refractivity contribution in [1.29, 1.82) is 0 Å². The maximum absolute atomic E-state index is 13.7. The van der Waals surface area contributed by atoms with Crippen LogP contribution in [0.5, 0.6) is 5.75 Å². The Balaban J connectivity index is 0.00000450. The molecular weight excluding hydrogens is 500 g/mol. The molecule has 0 spiro atoms. The molecule has 8 heteroatoms. The summed E-state index contributed by atoms with van der Waals surface area (Å²) in [6.45, 7) is 5.75. The summed E-state index contributed by atoms with van der Waals surface area (Å²) in [7, 11) is 0. The number of ether oxygens (including phenoxy) is 2. The molecule has 0 bridgehead atoms. The fourth-order valence-corrected chi connectivity index (χ4v) is 2.52. The quantitative estimate of drug-likeness (QED) is 0.236. The highest BCUT2D eigenvalue weighted by Gasteiger charge is 2.10. The predicted octanol–water partition coefficient (Wildman–Crippen LogP) is 3.34. The first-order valence-electron chi connectivity index (χ1n) is 9.81. The highest BCUT2D eigenvalue weighted by molar-refractivity contribution is 14.0. The van der Waals surface area contributed by atoms with Gasteiger partial charge in [0.2, 0.25) is 0 Å². The molecule has 0 saturated carbocycles. The highest BCUT2D eigenvalue weighted by atomic mass is 127. The fourth-order valence-electron chi connectivity index (χ4n) is 2.52. The topological polar surface area (TPSA) is 75.1 Å². The van der Waals surface area contributed by atoms with Gasteiger partial charge in [-0.2, -0.15) is 0 Å². The first-order valence-corrected chi connectivity index (χ1v) is 9.81. The number of halogens is 2. The molecule has 0 saturated heterocycles. The van der Waals surface area contributed by atoms with E-state index in [-0.39, 0.29) is 49.0 Å². The van der Waals surface area contributed by atoms with E-state index in [4.69, 9.17) is 9.47 Å². The molecule has 0 aromatic heterocycles. The fraction of sp³-hybridized carbons (Fsp3) is 0.409. The van der Waals surface area contributed by atoms with E-state index in [0.29, 0.717) is 25.7 Å². The number of hydrogen-bond acceptors (Lipinski definition) is 4. The number of rotatable bonds is 11. The zero-order valence-corrected chi connectivity index (χ0v) is 19.7. The number of nitrogens with zero attached hydrogens (tertiary/aromatic N) is 1. The van der Waals surface area contributed by atoms with Gasteiger partial charge in [0, 0.05) is 6.54 Å². The van der Waals surface area contributed by atoms with Gasteiger partial charge in [-0.25, -0.2) is 4.39 Å². The van der Waals surface area contributed by atoms with Crippen molar-refractivity contribution in [3.8, 4) is 5.75 Å². The van der Waals surface area contributed by atoms with Gasteiger partial charge in [-0.1, -0.05) is 42.5 Å². The van der Waals surface area contributed by atoms with Crippen LogP contribution < -0.4 is 15.4 Å². The Bertz CT molecular complexity index is 749. The molecule has 0 radical (unpaired) electrons. The van der Waals surface area contributed by atoms with Gasteiger partial charge in [-0.15, -0.1) is 24.0 Å². The maximum atomic E-state index is 13.7. The Morgan fingerprint density at radius 1 is 1.10 bits per heavy atom. The van der Waals surface area contributed by atoms with E-state index in [9.17, 15) is 9.50 Å². The Morgan fingerprint density at radius 3 is 2.50 bits per heavy atom. The lowest BCUT2D eigenvalue weighted by molar-refractivity contribution is 0.0331. The molecule has 2 unspecified atom stereocenters. The van der Waals surface area contributed by atoms with Crippen molar-refractivity contribution >= 4 is 29.9 Å². The van der Waals surface area contributed by atoms with Crippen LogP contribution in [-0.2, 0) is 11.3 Å². The van der Waals surface area contributed by atoms with Crippen LogP contribution in [0.4, 0.5) is 4.39 Å². The lowest BCUT2D eigenvalue weighted by atomic mass is 10.2. The molecule has 0 aliphatic carbocycles. The summed E-state index contributed by atoms with van der Waals surface area (Å²) >= 11 is 0. The van der Waals surface area contributed by atoms with E-state index >= 15 is 0 Å². The average Bonchev–Trinajstić information content (AvgIpc) is 2.72. The van der Waals surface area contributed by atoms with Crippen molar-refractivity contribution in [3.63, 3.8) is 0 Å². The van der Waals surface area contributed by atoms with Crippen LogP contribution in [0.1, 0.15) is 19.4 Å². The minimum Gasteiger partial charge on any atom is -0.486 e. The van der Waals surface area contributed by atoms with Crippen LogP contribution in [0, 0.1) is 5.82 Å². The number of aliphatic hydroxyl groups excluding tert-OH is 1. The molecule has 0 aliphatic heterocycles. The third-order valence-electron chi connectivity index (χ3n) is 3.95. The van der Waals surface area contributed by atoms with Crippen LogP contribution in [0.2, 0.25) is 0 Å². The van der Waals surface area contributed by atoms with Crippen LogP contribution >= 0.6 is 24.0 Å². The molecule has 6 nitrogen and oxygen atoms in total. The SMILES string of the molecule is CCNC(=NCC(O)COCc1ccccc1)NCC(C)Oc1ccccc1F.I. The second kappa shape index (κ2) is 15.0. The van der Waals surface area contributed by atoms with E-state index in [0.717, 1.165) is 5.56 Å². The average molecular weight is 531 g/mol. The van der Waals surface area contributed by atoms with Crippen molar-refractivity contribution in [2.45, 2.75) is 32.7 Å². The molecule has 30 heavy (non-hydrogen) atoms. The van der Waals surface area contributed by atoms with Gasteiger partial charge in [-0.3, -0.25) is 4.99 Å². The van der Waals surface area contributed by atoms with Crippen molar-refractivity contribution in [2.75, 3.05) is 26.2 Å². The van der Waals surface area contributed by atoms with Crippen LogP contribution in [0.25, 0.3) is 0 Å². The van der Waals surface area contributed by atoms with Gasteiger partial charge < -0.3 is 25.2 Å². The summed E-state index contributed by atoms with van der Waals surface area (Å²) in [4.78, 5) is 4.37. The molecule has 3 N–H and O–H groups in total. The largest absolute Gasteiger partial charge is 0.486 e. The molecule has 0 aliphatic rings. The normalized spacial score (nSPS) is 13.1. The number of nitrogens with one attached hydrogen (secondary N) is 2. The van der Waals surface area contributed by atoms with Gasteiger partial charge >= 0.3 is 0 Å². The zero-order chi connectivity index (χ0) is 20.9. The molecule has 0 amide bonds.